The Hall–Kier alpha value is -5.06. The molecule has 10 nitrogen and oxygen atoms in total. The molecule has 4 rings (SSSR count). The molecule has 0 radical (unpaired) electrons. The summed E-state index contributed by atoms with van der Waals surface area (Å²) >= 11 is 0. The van der Waals surface area contributed by atoms with Crippen LogP contribution in [0.3, 0.4) is 0 Å². The lowest BCUT2D eigenvalue weighted by molar-refractivity contribution is -0.115. The molecule has 11 heteroatoms. The van der Waals surface area contributed by atoms with Crippen LogP contribution in [0.4, 0.5) is 20.6 Å². The van der Waals surface area contributed by atoms with Crippen LogP contribution in [0.2, 0.25) is 0 Å². The Balaban J connectivity index is 1.63. The number of aromatic nitrogens is 3. The van der Waals surface area contributed by atoms with E-state index in [0.29, 0.717) is 16.8 Å². The number of halogens is 1. The molecule has 0 saturated heterocycles. The van der Waals surface area contributed by atoms with Crippen molar-refractivity contribution in [2.45, 2.75) is 32.8 Å². The maximum absolute atomic E-state index is 14.7. The molecule has 206 valence electrons. The molecule has 0 aliphatic carbocycles. The number of nitrogens with one attached hydrogen (secondary N) is 2. The van der Waals surface area contributed by atoms with E-state index in [1.165, 1.54) is 38.0 Å². The number of Topliss-reactive ketones (excluding diaryl/α,β-unsaturated/α-hetero) is 1. The number of carbonyl (C=O) groups is 3. The van der Waals surface area contributed by atoms with Gasteiger partial charge in [0.1, 0.15) is 29.8 Å². The number of carbonyl (C=O) groups excluding carboxylic acids is 3. The number of hydrogen-bond acceptors (Lipinski definition) is 7. The van der Waals surface area contributed by atoms with Gasteiger partial charge in [0.15, 0.2) is 5.78 Å². The van der Waals surface area contributed by atoms with Crippen molar-refractivity contribution in [1.82, 2.24) is 14.8 Å². The third kappa shape index (κ3) is 6.87. The largest absolute Gasteiger partial charge is 0.496 e. The van der Waals surface area contributed by atoms with Crippen molar-refractivity contribution in [2.24, 2.45) is 0 Å². The van der Waals surface area contributed by atoms with Gasteiger partial charge in [0, 0.05) is 28.4 Å². The van der Waals surface area contributed by atoms with Gasteiger partial charge in [-0.25, -0.2) is 9.18 Å². The highest BCUT2D eigenvalue weighted by molar-refractivity contribution is 6.12. The zero-order valence-corrected chi connectivity index (χ0v) is 22.4. The van der Waals surface area contributed by atoms with Gasteiger partial charge in [0.05, 0.1) is 24.9 Å². The maximum Gasteiger partial charge on any atom is 0.412 e. The van der Waals surface area contributed by atoms with E-state index >= 15 is 0 Å². The summed E-state index contributed by atoms with van der Waals surface area (Å²) < 4.78 is 27.1. The van der Waals surface area contributed by atoms with E-state index in [1.54, 1.807) is 67.8 Å². The van der Waals surface area contributed by atoms with Gasteiger partial charge in [-0.3, -0.25) is 19.5 Å². The highest BCUT2D eigenvalue weighted by Gasteiger charge is 2.22. The van der Waals surface area contributed by atoms with Crippen molar-refractivity contribution in [1.29, 1.82) is 0 Å². The third-order valence-corrected chi connectivity index (χ3v) is 5.62. The first kappa shape index (κ1) is 28.0. The molecule has 0 saturated carbocycles. The summed E-state index contributed by atoms with van der Waals surface area (Å²) in [5.74, 6) is -1.33. The first-order chi connectivity index (χ1) is 19.0. The highest BCUT2D eigenvalue weighted by Crippen LogP contribution is 2.39. The van der Waals surface area contributed by atoms with Gasteiger partial charge < -0.3 is 14.8 Å². The van der Waals surface area contributed by atoms with Crippen molar-refractivity contribution in [3.05, 3.63) is 84.7 Å². The molecule has 1 heterocycles. The number of benzene rings is 3. The van der Waals surface area contributed by atoms with Crippen LogP contribution in [0.15, 0.2) is 73.3 Å². The van der Waals surface area contributed by atoms with E-state index in [9.17, 15) is 18.8 Å². The second-order valence-corrected chi connectivity index (χ2v) is 9.77. The highest BCUT2D eigenvalue weighted by atomic mass is 19.1. The third-order valence-electron chi connectivity index (χ3n) is 5.62. The van der Waals surface area contributed by atoms with Gasteiger partial charge in [0.2, 0.25) is 5.91 Å². The molecule has 40 heavy (non-hydrogen) atoms. The van der Waals surface area contributed by atoms with E-state index in [0.717, 1.165) is 0 Å². The Labute approximate surface area is 230 Å². The van der Waals surface area contributed by atoms with Crippen molar-refractivity contribution in [3.8, 4) is 22.6 Å². The predicted molar refractivity (Wildman–Crippen MR) is 147 cm³/mol. The molecule has 2 amide bonds. The van der Waals surface area contributed by atoms with Crippen LogP contribution in [0.25, 0.3) is 16.8 Å². The fourth-order valence-corrected chi connectivity index (χ4v) is 3.88. The van der Waals surface area contributed by atoms with Gasteiger partial charge in [-0.2, -0.15) is 0 Å². The smallest absolute Gasteiger partial charge is 0.412 e. The minimum atomic E-state index is -0.779. The molecule has 0 atom stereocenters. The molecule has 0 spiro atoms. The second-order valence-electron chi connectivity index (χ2n) is 9.77. The van der Waals surface area contributed by atoms with E-state index in [2.05, 4.69) is 20.8 Å². The summed E-state index contributed by atoms with van der Waals surface area (Å²) in [5, 5.41) is 12.8. The fraction of sp³-hybridized carbons (Fsp3) is 0.207. The number of amides is 2. The number of ether oxygens (including phenoxy) is 2. The Morgan fingerprint density at radius 1 is 0.900 bits per heavy atom. The molecule has 0 aliphatic heterocycles. The minimum Gasteiger partial charge on any atom is -0.496 e. The summed E-state index contributed by atoms with van der Waals surface area (Å²) in [7, 11) is 1.40. The quantitative estimate of drug-likeness (QED) is 0.217. The molecular formula is C29H28FN5O5. The fourth-order valence-electron chi connectivity index (χ4n) is 3.88. The standard InChI is InChI=1S/C29H28FN5O5/c1-29(2,3)40-28(38)34-24-14-26(39-4)21(20-10-5-6-11-22(20)30)13-23(24)33-27(37)15-25(36)18-8-7-9-19(12-18)35-16-31-32-17-35/h5-14,16-17H,15H2,1-4H3,(H,33,37)(H,34,38). The van der Waals surface area contributed by atoms with E-state index < -0.39 is 35.6 Å². The van der Waals surface area contributed by atoms with Crippen molar-refractivity contribution in [3.63, 3.8) is 0 Å². The van der Waals surface area contributed by atoms with Crippen LogP contribution in [0.1, 0.15) is 37.6 Å². The van der Waals surface area contributed by atoms with Gasteiger partial charge in [-0.15, -0.1) is 10.2 Å². The number of methoxy groups -OCH3 is 1. The maximum atomic E-state index is 14.7. The van der Waals surface area contributed by atoms with Crippen LogP contribution in [0.5, 0.6) is 5.75 Å². The molecule has 0 aliphatic rings. The number of ketones is 1. The monoisotopic (exact) mass is 545 g/mol. The first-order valence-corrected chi connectivity index (χ1v) is 12.3. The molecule has 0 unspecified atom stereocenters. The predicted octanol–water partition coefficient (Wildman–Crippen LogP) is 5.64. The SMILES string of the molecule is COc1cc(NC(=O)OC(C)(C)C)c(NC(=O)CC(=O)c2cccc(-n3cnnc3)c2)cc1-c1ccccc1F. The molecular weight excluding hydrogens is 517 g/mol. The Morgan fingerprint density at radius 2 is 1.60 bits per heavy atom. The molecule has 0 bridgehead atoms. The summed E-state index contributed by atoms with van der Waals surface area (Å²) in [6.45, 7) is 5.13. The van der Waals surface area contributed by atoms with Gasteiger partial charge in [-0.05, 0) is 45.0 Å². The summed E-state index contributed by atoms with van der Waals surface area (Å²) in [4.78, 5) is 38.6. The first-order valence-electron chi connectivity index (χ1n) is 12.3. The zero-order chi connectivity index (χ0) is 28.9. The van der Waals surface area contributed by atoms with Crippen molar-refractivity contribution >= 4 is 29.2 Å². The Kier molecular flexibility index (Phi) is 8.23. The molecule has 3 aromatic carbocycles. The number of hydrogen-bond donors (Lipinski definition) is 2. The Morgan fingerprint density at radius 3 is 2.27 bits per heavy atom. The van der Waals surface area contributed by atoms with Crippen LogP contribution in [-0.2, 0) is 9.53 Å². The lowest BCUT2D eigenvalue weighted by atomic mass is 10.0. The minimum absolute atomic E-state index is 0.126. The van der Waals surface area contributed by atoms with Crippen LogP contribution >= 0.6 is 0 Å². The zero-order valence-electron chi connectivity index (χ0n) is 22.4. The normalized spacial score (nSPS) is 11.0. The average Bonchev–Trinajstić information content (AvgIpc) is 3.44. The summed E-state index contributed by atoms with van der Waals surface area (Å²) in [6, 6.07) is 15.7. The molecule has 4 aromatic rings. The van der Waals surface area contributed by atoms with Crippen molar-refractivity contribution in [2.75, 3.05) is 17.7 Å². The average molecular weight is 546 g/mol. The topological polar surface area (TPSA) is 124 Å². The molecule has 0 fully saturated rings. The second kappa shape index (κ2) is 11.8. The molecule has 2 N–H and O–H groups in total. The van der Waals surface area contributed by atoms with Gasteiger partial charge in [-0.1, -0.05) is 30.3 Å². The van der Waals surface area contributed by atoms with Crippen LogP contribution in [0, 0.1) is 5.82 Å². The van der Waals surface area contributed by atoms with E-state index in [4.69, 9.17) is 9.47 Å². The number of anilines is 2. The molecule has 1 aromatic heterocycles. The number of rotatable bonds is 8. The van der Waals surface area contributed by atoms with E-state index in [-0.39, 0.29) is 22.7 Å². The Bertz CT molecular complexity index is 1550. The van der Waals surface area contributed by atoms with Crippen LogP contribution < -0.4 is 15.4 Å². The van der Waals surface area contributed by atoms with Crippen molar-refractivity contribution < 1.29 is 28.2 Å². The number of nitrogens with zero attached hydrogens (tertiary/aromatic N) is 3. The lowest BCUT2D eigenvalue weighted by Gasteiger charge is -2.21. The van der Waals surface area contributed by atoms with Crippen LogP contribution in [-0.4, -0.2) is 45.3 Å². The van der Waals surface area contributed by atoms with Gasteiger partial charge >= 0.3 is 6.09 Å². The summed E-state index contributed by atoms with van der Waals surface area (Å²) in [6.07, 6.45) is 1.72. The summed E-state index contributed by atoms with van der Waals surface area (Å²) in [5.41, 5.74) is 1.01. The van der Waals surface area contributed by atoms with Gasteiger partial charge in [0.25, 0.3) is 0 Å². The lowest BCUT2D eigenvalue weighted by Crippen LogP contribution is -2.27. The van der Waals surface area contributed by atoms with E-state index in [1.807, 2.05) is 0 Å².